The Hall–Kier alpha value is -3.79. The first-order chi connectivity index (χ1) is 19.1. The van der Waals surface area contributed by atoms with Gasteiger partial charge in [0, 0.05) is 17.3 Å². The molecule has 3 unspecified atom stereocenters. The SMILES string of the molecule is C#Cc1ccc(C(C(=O)Nc2ccccc2C)N(C(=O)C(NC(=O)OC(C)(C)C)C(C)C)C(C)CCC(C)C)cc1. The topological polar surface area (TPSA) is 87.7 Å². The number of aryl methyl sites for hydroxylation is 1. The predicted molar refractivity (Wildman–Crippen MR) is 165 cm³/mol. The second-order valence-corrected chi connectivity index (χ2v) is 12.4. The first-order valence-electron chi connectivity index (χ1n) is 14.4. The van der Waals surface area contributed by atoms with Crippen molar-refractivity contribution in [1.82, 2.24) is 10.2 Å². The number of hydrogen-bond donors (Lipinski definition) is 2. The fraction of sp³-hybridized carbons (Fsp3) is 0.500. The molecular formula is C34H47N3O4. The highest BCUT2D eigenvalue weighted by molar-refractivity contribution is 5.99. The van der Waals surface area contributed by atoms with Crippen LogP contribution in [-0.4, -0.2) is 40.5 Å². The molecule has 0 radical (unpaired) electrons. The van der Waals surface area contributed by atoms with E-state index in [0.29, 0.717) is 29.2 Å². The van der Waals surface area contributed by atoms with E-state index in [1.54, 1.807) is 49.9 Å². The number of carbonyl (C=O) groups is 3. The number of ether oxygens (including phenoxy) is 1. The molecule has 7 nitrogen and oxygen atoms in total. The van der Waals surface area contributed by atoms with Crippen LogP contribution in [0.5, 0.6) is 0 Å². The molecule has 0 spiro atoms. The Labute approximate surface area is 246 Å². The molecule has 2 N–H and O–H groups in total. The number of benzene rings is 2. The molecule has 0 aromatic heterocycles. The Morgan fingerprint density at radius 2 is 1.56 bits per heavy atom. The Morgan fingerprint density at radius 3 is 2.07 bits per heavy atom. The first-order valence-corrected chi connectivity index (χ1v) is 14.4. The highest BCUT2D eigenvalue weighted by Gasteiger charge is 2.40. The molecule has 222 valence electrons. The second-order valence-electron chi connectivity index (χ2n) is 12.4. The van der Waals surface area contributed by atoms with Gasteiger partial charge in [-0.1, -0.05) is 63.9 Å². The Balaban J connectivity index is 2.64. The predicted octanol–water partition coefficient (Wildman–Crippen LogP) is 6.86. The summed E-state index contributed by atoms with van der Waals surface area (Å²) in [5.74, 6) is 2.05. The maximum atomic E-state index is 14.5. The van der Waals surface area contributed by atoms with Gasteiger partial charge in [0.1, 0.15) is 17.7 Å². The number of terminal acetylenes is 1. The van der Waals surface area contributed by atoms with Crippen molar-refractivity contribution in [3.05, 3.63) is 65.2 Å². The zero-order valence-corrected chi connectivity index (χ0v) is 26.1. The Kier molecular flexibility index (Phi) is 12.0. The average Bonchev–Trinajstić information content (AvgIpc) is 2.88. The van der Waals surface area contributed by atoms with Crippen molar-refractivity contribution < 1.29 is 19.1 Å². The monoisotopic (exact) mass is 561 g/mol. The van der Waals surface area contributed by atoms with Gasteiger partial charge in [-0.2, -0.15) is 0 Å². The third-order valence-electron chi connectivity index (χ3n) is 6.82. The minimum atomic E-state index is -0.974. The van der Waals surface area contributed by atoms with Gasteiger partial charge in [-0.05, 0) is 88.6 Å². The van der Waals surface area contributed by atoms with Gasteiger partial charge < -0.3 is 20.3 Å². The van der Waals surface area contributed by atoms with E-state index in [1.165, 1.54) is 0 Å². The molecule has 0 aliphatic heterocycles. The maximum absolute atomic E-state index is 14.5. The fourth-order valence-corrected chi connectivity index (χ4v) is 4.54. The van der Waals surface area contributed by atoms with Crippen molar-refractivity contribution in [3.63, 3.8) is 0 Å². The molecule has 0 bridgehead atoms. The summed E-state index contributed by atoms with van der Waals surface area (Å²) in [7, 11) is 0. The van der Waals surface area contributed by atoms with Crippen molar-refractivity contribution in [3.8, 4) is 12.3 Å². The van der Waals surface area contributed by atoms with Gasteiger partial charge in [-0.25, -0.2) is 4.79 Å². The van der Waals surface area contributed by atoms with Crippen LogP contribution in [0.4, 0.5) is 10.5 Å². The normalized spacial score (nSPS) is 13.6. The number of rotatable bonds is 11. The summed E-state index contributed by atoms with van der Waals surface area (Å²) in [4.78, 5) is 43.1. The van der Waals surface area contributed by atoms with Crippen LogP contribution >= 0.6 is 0 Å². The molecule has 2 aromatic carbocycles. The van der Waals surface area contributed by atoms with Crippen molar-refractivity contribution in [2.75, 3.05) is 5.32 Å². The summed E-state index contributed by atoms with van der Waals surface area (Å²) in [6, 6.07) is 12.4. The van der Waals surface area contributed by atoms with Crippen LogP contribution in [0.3, 0.4) is 0 Å². The molecule has 0 heterocycles. The minimum Gasteiger partial charge on any atom is -0.444 e. The zero-order valence-electron chi connectivity index (χ0n) is 26.1. The van der Waals surface area contributed by atoms with E-state index >= 15 is 0 Å². The van der Waals surface area contributed by atoms with E-state index < -0.39 is 23.8 Å². The number of hydrogen-bond acceptors (Lipinski definition) is 4. The van der Waals surface area contributed by atoms with Crippen LogP contribution in [0, 0.1) is 31.1 Å². The molecular weight excluding hydrogens is 514 g/mol. The highest BCUT2D eigenvalue weighted by Crippen LogP contribution is 2.30. The highest BCUT2D eigenvalue weighted by atomic mass is 16.6. The van der Waals surface area contributed by atoms with Gasteiger partial charge >= 0.3 is 6.09 Å². The number of alkyl carbamates (subject to hydrolysis) is 1. The Morgan fingerprint density at radius 1 is 0.951 bits per heavy atom. The summed E-state index contributed by atoms with van der Waals surface area (Å²) in [6.07, 6.45) is 6.45. The summed E-state index contributed by atoms with van der Waals surface area (Å²) in [5.41, 5.74) is 2.13. The van der Waals surface area contributed by atoms with Gasteiger partial charge in [0.2, 0.25) is 5.91 Å². The molecule has 0 aliphatic rings. The summed E-state index contributed by atoms with van der Waals surface area (Å²) in [5, 5.41) is 5.83. The molecule has 3 atom stereocenters. The summed E-state index contributed by atoms with van der Waals surface area (Å²) in [6.45, 7) is 17.2. The third-order valence-corrected chi connectivity index (χ3v) is 6.82. The van der Waals surface area contributed by atoms with E-state index in [0.717, 1.165) is 12.0 Å². The van der Waals surface area contributed by atoms with Gasteiger partial charge in [0.05, 0.1) is 0 Å². The molecule has 0 fully saturated rings. The number of nitrogens with zero attached hydrogens (tertiary/aromatic N) is 1. The smallest absolute Gasteiger partial charge is 0.408 e. The minimum absolute atomic E-state index is 0.265. The Bertz CT molecular complexity index is 1220. The fourth-order valence-electron chi connectivity index (χ4n) is 4.54. The standard InChI is InChI=1S/C34H47N3O4/c1-11-26-18-20-27(21-19-26)30(31(38)35-28-15-13-12-14-24(28)6)37(25(7)17-16-22(2)3)32(39)29(23(4)5)36-33(40)41-34(8,9)10/h1,12-15,18-23,25,29-30H,16-17H2,2-10H3,(H,35,38)(H,36,40). The van der Waals surface area contributed by atoms with Crippen LogP contribution in [0.2, 0.25) is 0 Å². The second kappa shape index (κ2) is 14.7. The van der Waals surface area contributed by atoms with Crippen molar-refractivity contribution in [2.24, 2.45) is 11.8 Å². The van der Waals surface area contributed by atoms with Gasteiger partial charge in [-0.3, -0.25) is 9.59 Å². The van der Waals surface area contributed by atoms with Crippen molar-refractivity contribution in [2.45, 2.75) is 98.9 Å². The lowest BCUT2D eigenvalue weighted by atomic mass is 9.94. The van der Waals surface area contributed by atoms with Gasteiger partial charge in [-0.15, -0.1) is 6.42 Å². The number of para-hydroxylation sites is 1. The molecule has 3 amide bonds. The molecule has 2 rings (SSSR count). The molecule has 0 aliphatic carbocycles. The lowest BCUT2D eigenvalue weighted by Gasteiger charge is -2.39. The van der Waals surface area contributed by atoms with Gasteiger partial charge in [0.25, 0.3) is 5.91 Å². The van der Waals surface area contributed by atoms with Crippen LogP contribution in [0.1, 0.15) is 91.0 Å². The van der Waals surface area contributed by atoms with Crippen LogP contribution in [0.15, 0.2) is 48.5 Å². The van der Waals surface area contributed by atoms with Crippen LogP contribution in [-0.2, 0) is 14.3 Å². The lowest BCUT2D eigenvalue weighted by molar-refractivity contribution is -0.144. The van der Waals surface area contributed by atoms with Gasteiger partial charge in [0.15, 0.2) is 0 Å². The molecule has 7 heteroatoms. The van der Waals surface area contributed by atoms with E-state index in [9.17, 15) is 14.4 Å². The first kappa shape index (κ1) is 33.4. The number of anilines is 1. The summed E-state index contributed by atoms with van der Waals surface area (Å²) < 4.78 is 5.48. The molecule has 0 saturated heterocycles. The van der Waals surface area contributed by atoms with Crippen molar-refractivity contribution in [1.29, 1.82) is 0 Å². The third kappa shape index (κ3) is 9.97. The number of nitrogens with one attached hydrogen (secondary N) is 2. The largest absolute Gasteiger partial charge is 0.444 e. The quantitative estimate of drug-likeness (QED) is 0.294. The van der Waals surface area contributed by atoms with Crippen molar-refractivity contribution >= 4 is 23.6 Å². The van der Waals surface area contributed by atoms with E-state index in [4.69, 9.17) is 11.2 Å². The van der Waals surface area contributed by atoms with E-state index in [2.05, 4.69) is 30.4 Å². The average molecular weight is 562 g/mol. The number of amides is 3. The van der Waals surface area contributed by atoms with Crippen LogP contribution in [0.25, 0.3) is 0 Å². The maximum Gasteiger partial charge on any atom is 0.408 e. The molecule has 0 saturated carbocycles. The summed E-state index contributed by atoms with van der Waals surface area (Å²) >= 11 is 0. The van der Waals surface area contributed by atoms with E-state index in [1.807, 2.05) is 52.0 Å². The van der Waals surface area contributed by atoms with Crippen LogP contribution < -0.4 is 10.6 Å². The lowest BCUT2D eigenvalue weighted by Crippen LogP contribution is -2.56. The van der Waals surface area contributed by atoms with E-state index in [-0.39, 0.29) is 23.8 Å². The molecule has 41 heavy (non-hydrogen) atoms. The zero-order chi connectivity index (χ0) is 30.9. The number of carbonyl (C=O) groups excluding carboxylic acids is 3. The molecule has 2 aromatic rings.